The molecule has 2 atom stereocenters. The number of urea groups is 1. The number of rotatable bonds is 5. The van der Waals surface area contributed by atoms with E-state index in [2.05, 4.69) is 10.6 Å². The van der Waals surface area contributed by atoms with Crippen LogP contribution in [0.3, 0.4) is 0 Å². The Labute approximate surface area is 179 Å². The molecule has 3 heterocycles. The lowest BCUT2D eigenvalue weighted by Gasteiger charge is -2.43. The first-order chi connectivity index (χ1) is 14.9. The molecule has 1 saturated heterocycles. The predicted molar refractivity (Wildman–Crippen MR) is 114 cm³/mol. The Morgan fingerprint density at radius 3 is 2.77 bits per heavy atom. The second kappa shape index (κ2) is 8.89. The van der Waals surface area contributed by atoms with Gasteiger partial charge in [-0.1, -0.05) is 6.07 Å². The Kier molecular flexibility index (Phi) is 6.03. The van der Waals surface area contributed by atoms with Gasteiger partial charge in [0.25, 0.3) is 5.56 Å². The molecule has 1 aromatic carbocycles. The number of ether oxygens (including phenoxy) is 1. The van der Waals surface area contributed by atoms with Crippen LogP contribution < -0.4 is 16.2 Å². The Morgan fingerprint density at radius 2 is 2.00 bits per heavy atom. The van der Waals surface area contributed by atoms with Gasteiger partial charge in [-0.25, -0.2) is 9.18 Å². The Balaban J connectivity index is 1.48. The predicted octanol–water partition coefficient (Wildman–Crippen LogP) is 2.61. The van der Waals surface area contributed by atoms with Gasteiger partial charge in [0.1, 0.15) is 11.5 Å². The normalized spacial score (nSPS) is 19.5. The van der Waals surface area contributed by atoms with Gasteiger partial charge in [0.15, 0.2) is 0 Å². The molecule has 1 fully saturated rings. The van der Waals surface area contributed by atoms with E-state index in [1.165, 1.54) is 18.2 Å². The van der Waals surface area contributed by atoms with E-state index in [0.717, 1.165) is 12.1 Å². The van der Waals surface area contributed by atoms with Crippen LogP contribution in [-0.4, -0.2) is 48.2 Å². The summed E-state index contributed by atoms with van der Waals surface area (Å²) in [5, 5.41) is 5.08. The molecule has 0 aliphatic carbocycles. The van der Waals surface area contributed by atoms with E-state index in [0.29, 0.717) is 38.3 Å². The van der Waals surface area contributed by atoms with Crippen LogP contribution in [0, 0.1) is 11.7 Å². The second-order valence-electron chi connectivity index (χ2n) is 8.02. The lowest BCUT2D eigenvalue weighted by molar-refractivity contribution is -0.134. The number of carbonyl (C=O) groups excluding carboxylic acids is 2. The summed E-state index contributed by atoms with van der Waals surface area (Å²) in [5.74, 6) is -0.124. The maximum Gasteiger partial charge on any atom is 0.323 e. The molecule has 4 rings (SSSR count). The quantitative estimate of drug-likeness (QED) is 0.766. The van der Waals surface area contributed by atoms with E-state index in [1.807, 2.05) is 11.0 Å². The number of carbonyl (C=O) groups is 2. The van der Waals surface area contributed by atoms with E-state index in [1.54, 1.807) is 23.8 Å². The number of anilines is 2. The molecule has 1 aromatic heterocycles. The highest BCUT2D eigenvalue weighted by Crippen LogP contribution is 2.35. The number of nitrogens with zero attached hydrogens (tertiary/aromatic N) is 2. The maximum atomic E-state index is 13.3. The first kappa shape index (κ1) is 21.0. The van der Waals surface area contributed by atoms with Crippen LogP contribution in [-0.2, 0) is 16.1 Å². The average molecular weight is 428 g/mol. The van der Waals surface area contributed by atoms with E-state index < -0.39 is 11.8 Å². The Bertz CT molecular complexity index is 1050. The first-order valence-corrected chi connectivity index (χ1v) is 10.3. The Hall–Kier alpha value is -3.20. The topological polar surface area (TPSA) is 92.7 Å². The molecule has 2 aliphatic heterocycles. The fraction of sp³-hybridized carbons (Fsp3) is 0.409. The van der Waals surface area contributed by atoms with Gasteiger partial charge in [0.05, 0.1) is 13.0 Å². The van der Waals surface area contributed by atoms with Crippen LogP contribution in [0.2, 0.25) is 0 Å². The second-order valence-corrected chi connectivity index (χ2v) is 8.02. The molecule has 164 valence electrons. The van der Waals surface area contributed by atoms with E-state index in [9.17, 15) is 18.8 Å². The molecule has 8 nitrogen and oxygen atoms in total. The highest BCUT2D eigenvalue weighted by atomic mass is 19.1. The summed E-state index contributed by atoms with van der Waals surface area (Å²) in [6.07, 6.45) is 1.28. The molecular weight excluding hydrogens is 403 g/mol. The van der Waals surface area contributed by atoms with Gasteiger partial charge in [0, 0.05) is 44.0 Å². The van der Waals surface area contributed by atoms with Crippen LogP contribution >= 0.6 is 0 Å². The maximum absolute atomic E-state index is 13.3. The van der Waals surface area contributed by atoms with Crippen molar-refractivity contribution in [2.45, 2.75) is 25.3 Å². The minimum Gasteiger partial charge on any atom is -0.384 e. The molecule has 31 heavy (non-hydrogen) atoms. The molecule has 0 spiro atoms. The zero-order chi connectivity index (χ0) is 22.0. The minimum atomic E-state index is -0.617. The summed E-state index contributed by atoms with van der Waals surface area (Å²) >= 11 is 0. The third kappa shape index (κ3) is 4.61. The number of methoxy groups -OCH3 is 1. The van der Waals surface area contributed by atoms with Gasteiger partial charge in [-0.3, -0.25) is 9.59 Å². The summed E-state index contributed by atoms with van der Waals surface area (Å²) in [6, 6.07) is 8.33. The number of pyridine rings is 1. The molecular formula is C22H25FN4O4. The van der Waals surface area contributed by atoms with Crippen molar-refractivity contribution in [1.29, 1.82) is 0 Å². The summed E-state index contributed by atoms with van der Waals surface area (Å²) in [6.45, 7) is 2.08. The zero-order valence-electron chi connectivity index (χ0n) is 17.3. The smallest absolute Gasteiger partial charge is 0.323 e. The number of fused-ring (bicyclic) bond motifs is 4. The number of piperidine rings is 1. The van der Waals surface area contributed by atoms with Crippen molar-refractivity contribution in [2.24, 2.45) is 5.92 Å². The van der Waals surface area contributed by atoms with Crippen molar-refractivity contribution in [2.75, 3.05) is 37.4 Å². The molecule has 2 aromatic rings. The van der Waals surface area contributed by atoms with E-state index >= 15 is 0 Å². The van der Waals surface area contributed by atoms with Crippen LogP contribution in [0.15, 0.2) is 41.2 Å². The van der Waals surface area contributed by atoms with E-state index in [4.69, 9.17) is 4.74 Å². The number of hydrogen-bond donors (Lipinski definition) is 2. The molecule has 2 aliphatic rings. The molecule has 2 N–H and O–H groups in total. The van der Waals surface area contributed by atoms with Crippen molar-refractivity contribution in [1.82, 2.24) is 9.47 Å². The first-order valence-electron chi connectivity index (χ1n) is 10.3. The number of aromatic nitrogens is 1. The molecule has 3 amide bonds. The lowest BCUT2D eigenvalue weighted by atomic mass is 9.83. The highest BCUT2D eigenvalue weighted by molar-refractivity contribution is 5.99. The molecule has 2 bridgehead atoms. The lowest BCUT2D eigenvalue weighted by Crippen LogP contribution is -2.49. The van der Waals surface area contributed by atoms with Crippen molar-refractivity contribution >= 4 is 23.3 Å². The SMILES string of the molecule is COCCC(=O)N1C[C@H]2C[C@H](C1)c1ccc(NC(=O)Nc3cccc(F)c3)c(=O)n1C2. The van der Waals surface area contributed by atoms with Gasteiger partial charge in [-0.05, 0) is 42.7 Å². The summed E-state index contributed by atoms with van der Waals surface area (Å²) < 4.78 is 20.0. The van der Waals surface area contributed by atoms with Gasteiger partial charge < -0.3 is 24.8 Å². The molecule has 0 radical (unpaired) electrons. The zero-order valence-corrected chi connectivity index (χ0v) is 17.3. The summed E-state index contributed by atoms with van der Waals surface area (Å²) in [7, 11) is 1.57. The number of hydrogen-bond acceptors (Lipinski definition) is 4. The molecule has 0 unspecified atom stereocenters. The molecule has 0 saturated carbocycles. The number of halogens is 1. The van der Waals surface area contributed by atoms with E-state index in [-0.39, 0.29) is 29.0 Å². The number of amides is 3. The van der Waals surface area contributed by atoms with Crippen LogP contribution in [0.4, 0.5) is 20.6 Å². The van der Waals surface area contributed by atoms with Crippen LogP contribution in [0.5, 0.6) is 0 Å². The fourth-order valence-electron chi connectivity index (χ4n) is 4.44. The summed E-state index contributed by atoms with van der Waals surface area (Å²) in [5.41, 5.74) is 1.05. The van der Waals surface area contributed by atoms with Crippen molar-refractivity contribution in [3.63, 3.8) is 0 Å². The standard InChI is InChI=1S/C22H25FN4O4/c1-31-8-7-20(28)26-11-14-9-15(13-26)19-6-5-18(21(29)27(19)12-14)25-22(30)24-17-4-2-3-16(23)10-17/h2-6,10,14-15H,7-9,11-13H2,1H3,(H2,24,25,30)/t14-,15-/m1/s1. The third-order valence-corrected chi connectivity index (χ3v) is 5.81. The van der Waals surface area contributed by atoms with Crippen molar-refractivity contribution in [3.8, 4) is 0 Å². The number of nitrogens with one attached hydrogen (secondary N) is 2. The van der Waals surface area contributed by atoms with Crippen LogP contribution in [0.25, 0.3) is 0 Å². The number of likely N-dealkylation sites (tertiary alicyclic amines) is 1. The van der Waals surface area contributed by atoms with Crippen molar-refractivity contribution < 1.29 is 18.7 Å². The third-order valence-electron chi connectivity index (χ3n) is 5.81. The molecule has 9 heteroatoms. The monoisotopic (exact) mass is 428 g/mol. The number of benzene rings is 1. The van der Waals surface area contributed by atoms with Gasteiger partial charge in [-0.2, -0.15) is 0 Å². The fourth-order valence-corrected chi connectivity index (χ4v) is 4.44. The van der Waals surface area contributed by atoms with Crippen molar-refractivity contribution in [3.05, 3.63) is 58.3 Å². The van der Waals surface area contributed by atoms with Crippen LogP contribution in [0.1, 0.15) is 24.5 Å². The van der Waals surface area contributed by atoms with Gasteiger partial charge in [0.2, 0.25) is 5.91 Å². The summed E-state index contributed by atoms with van der Waals surface area (Å²) in [4.78, 5) is 39.6. The minimum absolute atomic E-state index is 0.0691. The van der Waals surface area contributed by atoms with Gasteiger partial charge in [-0.15, -0.1) is 0 Å². The van der Waals surface area contributed by atoms with Gasteiger partial charge >= 0.3 is 6.03 Å². The Morgan fingerprint density at radius 1 is 1.16 bits per heavy atom. The average Bonchev–Trinajstić information content (AvgIpc) is 2.74. The largest absolute Gasteiger partial charge is 0.384 e. The highest BCUT2D eigenvalue weighted by Gasteiger charge is 2.36.